The number of nitrogens with zero attached hydrogens (tertiary/aromatic N) is 3. The number of pyridine rings is 1. The van der Waals surface area contributed by atoms with Crippen molar-refractivity contribution in [1.29, 1.82) is 0 Å². The SMILES string of the molecule is C[C@@H]1Cc2cc(O)ccc2[C@@H](c2ccc(OC3CCN(CCCF)C3)cn2)N1CC(F)(F)F. The average molecular weight is 468 g/mol. The minimum absolute atomic E-state index is 0.0163. The van der Waals surface area contributed by atoms with Gasteiger partial charge in [0.25, 0.3) is 0 Å². The van der Waals surface area contributed by atoms with Crippen LogP contribution in [0.1, 0.15) is 42.6 Å². The van der Waals surface area contributed by atoms with E-state index in [-0.39, 0.29) is 24.6 Å². The molecule has 0 aliphatic carbocycles. The molecule has 33 heavy (non-hydrogen) atoms. The van der Waals surface area contributed by atoms with Gasteiger partial charge in [0.05, 0.1) is 31.2 Å². The van der Waals surface area contributed by atoms with E-state index in [4.69, 9.17) is 4.74 Å². The molecule has 9 heteroatoms. The second-order valence-electron chi connectivity index (χ2n) is 8.92. The first-order chi connectivity index (χ1) is 15.7. The van der Waals surface area contributed by atoms with Gasteiger partial charge >= 0.3 is 6.18 Å². The van der Waals surface area contributed by atoms with Crippen molar-refractivity contribution in [3.05, 3.63) is 53.3 Å². The molecule has 5 nitrogen and oxygen atoms in total. The van der Waals surface area contributed by atoms with Gasteiger partial charge in [-0.05, 0) is 61.6 Å². The monoisotopic (exact) mass is 467 g/mol. The smallest absolute Gasteiger partial charge is 0.401 e. The number of alkyl halides is 4. The predicted octanol–water partition coefficient (Wildman–Crippen LogP) is 4.50. The van der Waals surface area contributed by atoms with Crippen LogP contribution in [0.15, 0.2) is 36.5 Å². The molecule has 1 unspecified atom stereocenters. The number of hydrogen-bond donors (Lipinski definition) is 1. The predicted molar refractivity (Wildman–Crippen MR) is 116 cm³/mol. The van der Waals surface area contributed by atoms with Gasteiger partial charge in [0.1, 0.15) is 17.6 Å². The van der Waals surface area contributed by atoms with E-state index in [1.54, 1.807) is 37.4 Å². The first kappa shape index (κ1) is 23.8. The highest BCUT2D eigenvalue weighted by molar-refractivity contribution is 5.43. The number of benzene rings is 1. The van der Waals surface area contributed by atoms with Gasteiger partial charge in [-0.3, -0.25) is 19.2 Å². The number of aromatic hydroxyl groups is 1. The second-order valence-corrected chi connectivity index (χ2v) is 8.92. The third-order valence-corrected chi connectivity index (χ3v) is 6.38. The summed E-state index contributed by atoms with van der Waals surface area (Å²) < 4.78 is 58.6. The highest BCUT2D eigenvalue weighted by Crippen LogP contribution is 2.40. The summed E-state index contributed by atoms with van der Waals surface area (Å²) in [6.45, 7) is 2.66. The molecule has 0 radical (unpaired) electrons. The first-order valence-electron chi connectivity index (χ1n) is 11.3. The molecule has 3 atom stereocenters. The largest absolute Gasteiger partial charge is 0.508 e. The van der Waals surface area contributed by atoms with Gasteiger partial charge in [-0.15, -0.1) is 0 Å². The number of fused-ring (bicyclic) bond motifs is 1. The molecule has 4 rings (SSSR count). The lowest BCUT2D eigenvalue weighted by atomic mass is 9.86. The highest BCUT2D eigenvalue weighted by atomic mass is 19.4. The molecule has 1 saturated heterocycles. The van der Waals surface area contributed by atoms with Gasteiger partial charge in [0.2, 0.25) is 0 Å². The summed E-state index contributed by atoms with van der Waals surface area (Å²) in [6, 6.07) is 7.21. The van der Waals surface area contributed by atoms with Crippen LogP contribution in [-0.2, 0) is 6.42 Å². The fourth-order valence-electron chi connectivity index (χ4n) is 4.88. The number of aromatic nitrogens is 1. The zero-order chi connectivity index (χ0) is 23.6. The Balaban J connectivity index is 1.54. The van der Waals surface area contributed by atoms with Crippen molar-refractivity contribution < 1.29 is 27.4 Å². The fourth-order valence-corrected chi connectivity index (χ4v) is 4.88. The first-order valence-corrected chi connectivity index (χ1v) is 11.3. The van der Waals surface area contributed by atoms with Gasteiger partial charge in [-0.25, -0.2) is 0 Å². The number of halogens is 4. The van der Waals surface area contributed by atoms with E-state index >= 15 is 0 Å². The minimum atomic E-state index is -4.35. The molecule has 1 aromatic heterocycles. The van der Waals surface area contributed by atoms with Gasteiger partial charge in [-0.2, -0.15) is 13.2 Å². The normalized spacial score (nSPS) is 24.1. The van der Waals surface area contributed by atoms with Crippen molar-refractivity contribution in [2.45, 2.75) is 50.6 Å². The average Bonchev–Trinajstić information content (AvgIpc) is 3.20. The van der Waals surface area contributed by atoms with Crippen LogP contribution in [0.25, 0.3) is 0 Å². The zero-order valence-electron chi connectivity index (χ0n) is 18.6. The molecule has 180 valence electrons. The number of phenolic OH excluding ortho intramolecular Hbond substituents is 1. The third-order valence-electron chi connectivity index (χ3n) is 6.38. The van der Waals surface area contributed by atoms with Gasteiger partial charge in [0, 0.05) is 25.7 Å². The fraction of sp³-hybridized carbons (Fsp3) is 0.542. The Kier molecular flexibility index (Phi) is 7.09. The number of ether oxygens (including phenoxy) is 1. The summed E-state index contributed by atoms with van der Waals surface area (Å²) in [5.41, 5.74) is 2.05. The molecule has 0 saturated carbocycles. The van der Waals surface area contributed by atoms with E-state index in [1.807, 2.05) is 0 Å². The minimum Gasteiger partial charge on any atom is -0.508 e. The topological polar surface area (TPSA) is 48.8 Å². The van der Waals surface area contributed by atoms with Crippen LogP contribution >= 0.6 is 0 Å². The van der Waals surface area contributed by atoms with Gasteiger partial charge in [-0.1, -0.05) is 6.07 Å². The Hall–Kier alpha value is -2.39. The Bertz CT molecular complexity index is 938. The van der Waals surface area contributed by atoms with E-state index in [9.17, 15) is 22.7 Å². The maximum Gasteiger partial charge on any atom is 0.401 e. The molecule has 1 N–H and O–H groups in total. The van der Waals surface area contributed by atoms with Gasteiger partial charge in [0.15, 0.2) is 0 Å². The Morgan fingerprint density at radius 1 is 1.21 bits per heavy atom. The molecular formula is C24H29F4N3O2. The number of hydrogen-bond acceptors (Lipinski definition) is 5. The lowest BCUT2D eigenvalue weighted by Crippen LogP contribution is -2.47. The van der Waals surface area contributed by atoms with Crippen LogP contribution in [0, 0.1) is 0 Å². The van der Waals surface area contributed by atoms with Crippen LogP contribution in [0.4, 0.5) is 17.6 Å². The molecule has 2 aliphatic heterocycles. The van der Waals surface area contributed by atoms with Crippen molar-refractivity contribution in [1.82, 2.24) is 14.8 Å². The molecule has 3 heterocycles. The summed E-state index contributed by atoms with van der Waals surface area (Å²) >= 11 is 0. The lowest BCUT2D eigenvalue weighted by Gasteiger charge is -2.42. The van der Waals surface area contributed by atoms with E-state index in [2.05, 4.69) is 9.88 Å². The Labute approximate surface area is 191 Å². The summed E-state index contributed by atoms with van der Waals surface area (Å²) in [7, 11) is 0. The standard InChI is InChI=1S/C24H29F4N3O2/c1-16-11-17-12-18(32)3-5-21(17)23(31(16)15-24(26,27)28)22-6-4-19(13-29-22)33-20-7-10-30(14-20)9-2-8-25/h3-6,12-13,16,20,23,32H,2,7-11,14-15H2,1H3/t16-,20?,23+/m1/s1. The van der Waals surface area contributed by atoms with Crippen molar-refractivity contribution in [2.75, 3.05) is 32.9 Å². The quantitative estimate of drug-likeness (QED) is 0.608. The van der Waals surface area contributed by atoms with E-state index in [0.717, 1.165) is 30.6 Å². The maximum absolute atomic E-state index is 13.4. The third kappa shape index (κ3) is 5.76. The van der Waals surface area contributed by atoms with Crippen LogP contribution in [0.2, 0.25) is 0 Å². The summed E-state index contributed by atoms with van der Waals surface area (Å²) in [5, 5.41) is 9.87. The van der Waals surface area contributed by atoms with E-state index in [1.165, 1.54) is 11.0 Å². The van der Waals surface area contributed by atoms with Crippen LogP contribution in [-0.4, -0.2) is 71.1 Å². The number of likely N-dealkylation sites (tertiary alicyclic amines) is 1. The Morgan fingerprint density at radius 2 is 2.03 bits per heavy atom. The zero-order valence-corrected chi connectivity index (χ0v) is 18.6. The molecule has 1 aromatic carbocycles. The van der Waals surface area contributed by atoms with Gasteiger partial charge < -0.3 is 9.84 Å². The molecule has 0 bridgehead atoms. The molecule has 2 aliphatic rings. The summed E-state index contributed by atoms with van der Waals surface area (Å²) in [5.74, 6) is 0.658. The van der Waals surface area contributed by atoms with E-state index in [0.29, 0.717) is 30.8 Å². The van der Waals surface area contributed by atoms with Crippen molar-refractivity contribution in [3.8, 4) is 11.5 Å². The van der Waals surface area contributed by atoms with Crippen LogP contribution in [0.3, 0.4) is 0 Å². The van der Waals surface area contributed by atoms with Crippen LogP contribution < -0.4 is 4.74 Å². The summed E-state index contributed by atoms with van der Waals surface area (Å²) in [4.78, 5) is 8.07. The van der Waals surface area contributed by atoms with E-state index < -0.39 is 18.8 Å². The molecular weight excluding hydrogens is 438 g/mol. The highest BCUT2D eigenvalue weighted by Gasteiger charge is 2.41. The molecule has 0 amide bonds. The molecule has 2 aromatic rings. The second kappa shape index (κ2) is 9.85. The molecule has 1 fully saturated rings. The maximum atomic E-state index is 13.4. The summed E-state index contributed by atoms with van der Waals surface area (Å²) in [6.07, 6.45) is -1.04. The Morgan fingerprint density at radius 3 is 2.73 bits per heavy atom. The van der Waals surface area contributed by atoms with Crippen molar-refractivity contribution in [3.63, 3.8) is 0 Å². The molecule has 0 spiro atoms. The van der Waals surface area contributed by atoms with Crippen molar-refractivity contribution >= 4 is 0 Å². The van der Waals surface area contributed by atoms with Crippen molar-refractivity contribution in [2.24, 2.45) is 0 Å². The number of rotatable bonds is 7. The number of phenols is 1. The lowest BCUT2D eigenvalue weighted by molar-refractivity contribution is -0.155. The van der Waals surface area contributed by atoms with Crippen LogP contribution in [0.5, 0.6) is 11.5 Å².